The number of nitrogens with zero attached hydrogens (tertiary/aromatic N) is 3. The minimum Gasteiger partial charge on any atom is -0.463 e. The largest absolute Gasteiger partial charge is 0.463 e. The predicted octanol–water partition coefficient (Wildman–Crippen LogP) is 1.43. The topological polar surface area (TPSA) is 101 Å². The molecule has 0 atom stereocenters. The third-order valence-corrected chi connectivity index (χ3v) is 4.12. The van der Waals surface area contributed by atoms with E-state index >= 15 is 0 Å². The Kier molecular flexibility index (Phi) is 8.03. The zero-order chi connectivity index (χ0) is 20.5. The number of urea groups is 1. The van der Waals surface area contributed by atoms with Crippen LogP contribution in [0.25, 0.3) is 0 Å². The van der Waals surface area contributed by atoms with Gasteiger partial charge in [0.25, 0.3) is 0 Å². The van der Waals surface area contributed by atoms with Crippen molar-refractivity contribution in [2.75, 3.05) is 44.2 Å². The van der Waals surface area contributed by atoms with Gasteiger partial charge in [-0.3, -0.25) is 4.79 Å². The molecule has 0 spiro atoms. The number of hydrogen-bond donors (Lipinski definition) is 1. The van der Waals surface area contributed by atoms with E-state index in [4.69, 9.17) is 9.47 Å². The Hall–Kier alpha value is -2.84. The van der Waals surface area contributed by atoms with Gasteiger partial charge in [-0.1, -0.05) is 0 Å². The summed E-state index contributed by atoms with van der Waals surface area (Å²) in [5, 5.41) is 2.74. The Balaban J connectivity index is 1.75. The van der Waals surface area contributed by atoms with Crippen LogP contribution < -0.4 is 10.2 Å². The van der Waals surface area contributed by atoms with Gasteiger partial charge in [-0.25, -0.2) is 14.6 Å². The van der Waals surface area contributed by atoms with E-state index in [1.807, 2.05) is 0 Å². The second kappa shape index (κ2) is 10.5. The van der Waals surface area contributed by atoms with Crippen molar-refractivity contribution in [1.82, 2.24) is 15.2 Å². The van der Waals surface area contributed by atoms with Crippen LogP contribution >= 0.6 is 0 Å². The monoisotopic (exact) mass is 392 g/mol. The van der Waals surface area contributed by atoms with Gasteiger partial charge in [-0.2, -0.15) is 0 Å². The molecule has 9 heteroatoms. The molecule has 0 aliphatic carbocycles. The van der Waals surface area contributed by atoms with E-state index in [2.05, 4.69) is 15.2 Å². The van der Waals surface area contributed by atoms with Crippen LogP contribution in [-0.2, 0) is 14.3 Å². The average Bonchev–Trinajstić information content (AvgIpc) is 2.68. The molecule has 1 fully saturated rings. The van der Waals surface area contributed by atoms with Crippen molar-refractivity contribution in [2.45, 2.75) is 33.3 Å². The van der Waals surface area contributed by atoms with Crippen molar-refractivity contribution in [1.29, 1.82) is 0 Å². The SMILES string of the molecule is CCOC(=O)c1ccc(N2CCN(C(=O)NCCC(=O)OC(C)C)CC2)nc1. The molecule has 0 saturated carbocycles. The van der Waals surface area contributed by atoms with E-state index in [1.165, 1.54) is 6.20 Å². The third-order valence-electron chi connectivity index (χ3n) is 4.12. The molecule has 1 aliphatic heterocycles. The summed E-state index contributed by atoms with van der Waals surface area (Å²) in [6, 6.07) is 3.28. The highest BCUT2D eigenvalue weighted by atomic mass is 16.5. The van der Waals surface area contributed by atoms with E-state index in [0.29, 0.717) is 38.3 Å². The van der Waals surface area contributed by atoms with Crippen LogP contribution in [0.15, 0.2) is 18.3 Å². The van der Waals surface area contributed by atoms with Gasteiger partial charge in [-0.05, 0) is 32.9 Å². The Morgan fingerprint density at radius 3 is 2.46 bits per heavy atom. The molecule has 0 bridgehead atoms. The number of nitrogens with one attached hydrogen (secondary N) is 1. The number of esters is 2. The van der Waals surface area contributed by atoms with Crippen LogP contribution in [0.5, 0.6) is 0 Å². The lowest BCUT2D eigenvalue weighted by atomic mass is 10.2. The molecule has 1 aromatic heterocycles. The van der Waals surface area contributed by atoms with Crippen molar-refractivity contribution >= 4 is 23.8 Å². The lowest BCUT2D eigenvalue weighted by molar-refractivity contribution is -0.147. The first-order valence-electron chi connectivity index (χ1n) is 9.51. The van der Waals surface area contributed by atoms with Crippen molar-refractivity contribution < 1.29 is 23.9 Å². The fourth-order valence-electron chi connectivity index (χ4n) is 2.75. The highest BCUT2D eigenvalue weighted by Crippen LogP contribution is 2.14. The number of hydrogen-bond acceptors (Lipinski definition) is 7. The normalized spacial score (nSPS) is 14.0. The van der Waals surface area contributed by atoms with Gasteiger partial charge in [0.2, 0.25) is 0 Å². The lowest BCUT2D eigenvalue weighted by Crippen LogP contribution is -2.52. The highest BCUT2D eigenvalue weighted by molar-refractivity contribution is 5.89. The van der Waals surface area contributed by atoms with Crippen LogP contribution in [0.1, 0.15) is 37.6 Å². The van der Waals surface area contributed by atoms with Crippen molar-refractivity contribution in [3.05, 3.63) is 23.9 Å². The predicted molar refractivity (Wildman–Crippen MR) is 103 cm³/mol. The Labute approximate surface area is 165 Å². The van der Waals surface area contributed by atoms with Crippen molar-refractivity contribution in [3.8, 4) is 0 Å². The summed E-state index contributed by atoms with van der Waals surface area (Å²) in [4.78, 5) is 43.4. The van der Waals surface area contributed by atoms with E-state index < -0.39 is 0 Å². The number of anilines is 1. The molecule has 0 radical (unpaired) electrons. The summed E-state index contributed by atoms with van der Waals surface area (Å²) >= 11 is 0. The number of carbonyl (C=O) groups is 3. The highest BCUT2D eigenvalue weighted by Gasteiger charge is 2.22. The molecule has 2 rings (SSSR count). The van der Waals surface area contributed by atoms with Crippen LogP contribution in [0, 0.1) is 0 Å². The Bertz CT molecular complexity index is 669. The molecular weight excluding hydrogens is 364 g/mol. The molecule has 0 unspecified atom stereocenters. The zero-order valence-electron chi connectivity index (χ0n) is 16.6. The first kappa shape index (κ1) is 21.5. The van der Waals surface area contributed by atoms with Gasteiger partial charge >= 0.3 is 18.0 Å². The maximum Gasteiger partial charge on any atom is 0.339 e. The smallest absolute Gasteiger partial charge is 0.339 e. The summed E-state index contributed by atoms with van der Waals surface area (Å²) in [6.07, 6.45) is 1.50. The number of amides is 2. The minimum absolute atomic E-state index is 0.153. The van der Waals surface area contributed by atoms with E-state index in [-0.39, 0.29) is 37.0 Å². The first-order valence-corrected chi connectivity index (χ1v) is 9.51. The molecule has 9 nitrogen and oxygen atoms in total. The molecule has 0 aromatic carbocycles. The van der Waals surface area contributed by atoms with Gasteiger partial charge in [0.15, 0.2) is 0 Å². The fourth-order valence-corrected chi connectivity index (χ4v) is 2.75. The molecule has 2 amide bonds. The summed E-state index contributed by atoms with van der Waals surface area (Å²) in [5.74, 6) is 0.0438. The minimum atomic E-state index is -0.389. The number of pyridine rings is 1. The van der Waals surface area contributed by atoms with Crippen LogP contribution in [0.2, 0.25) is 0 Å². The second-order valence-corrected chi connectivity index (χ2v) is 6.62. The molecule has 154 valence electrons. The van der Waals surface area contributed by atoms with Crippen molar-refractivity contribution in [2.24, 2.45) is 0 Å². The molecule has 2 heterocycles. The van der Waals surface area contributed by atoms with Crippen LogP contribution in [0.3, 0.4) is 0 Å². The summed E-state index contributed by atoms with van der Waals surface area (Å²) in [5.41, 5.74) is 0.416. The Morgan fingerprint density at radius 1 is 1.18 bits per heavy atom. The molecule has 1 saturated heterocycles. The lowest BCUT2D eigenvalue weighted by Gasteiger charge is -2.35. The number of ether oxygens (including phenoxy) is 2. The number of rotatable bonds is 7. The van der Waals surface area contributed by atoms with Gasteiger partial charge in [0.05, 0.1) is 24.7 Å². The summed E-state index contributed by atoms with van der Waals surface area (Å²) in [6.45, 7) is 8.26. The number of piperazine rings is 1. The zero-order valence-corrected chi connectivity index (χ0v) is 16.6. The average molecular weight is 392 g/mol. The van der Waals surface area contributed by atoms with Crippen molar-refractivity contribution in [3.63, 3.8) is 0 Å². The molecule has 1 aromatic rings. The number of aromatic nitrogens is 1. The van der Waals surface area contributed by atoms with E-state index in [0.717, 1.165) is 5.82 Å². The van der Waals surface area contributed by atoms with E-state index in [9.17, 15) is 14.4 Å². The van der Waals surface area contributed by atoms with Gasteiger partial charge in [-0.15, -0.1) is 0 Å². The van der Waals surface area contributed by atoms with E-state index in [1.54, 1.807) is 37.8 Å². The summed E-state index contributed by atoms with van der Waals surface area (Å²) in [7, 11) is 0. The van der Waals surface area contributed by atoms with Gasteiger partial charge in [0, 0.05) is 38.9 Å². The Morgan fingerprint density at radius 2 is 1.89 bits per heavy atom. The second-order valence-electron chi connectivity index (χ2n) is 6.62. The molecule has 28 heavy (non-hydrogen) atoms. The van der Waals surface area contributed by atoms with Gasteiger partial charge in [0.1, 0.15) is 5.82 Å². The molecular formula is C19H28N4O5. The van der Waals surface area contributed by atoms with Crippen LogP contribution in [0.4, 0.5) is 10.6 Å². The summed E-state index contributed by atoms with van der Waals surface area (Å²) < 4.78 is 9.98. The standard InChI is InChI=1S/C19H28N4O5/c1-4-27-18(25)15-5-6-16(21-13-15)22-9-11-23(12-10-22)19(26)20-8-7-17(24)28-14(2)3/h5-6,13-14H,4,7-12H2,1-3H3,(H,20,26). The third kappa shape index (κ3) is 6.40. The quantitative estimate of drug-likeness (QED) is 0.701. The fraction of sp³-hybridized carbons (Fsp3) is 0.579. The molecule has 1 aliphatic rings. The maximum absolute atomic E-state index is 12.2. The first-order chi connectivity index (χ1) is 13.4. The van der Waals surface area contributed by atoms with Gasteiger partial charge < -0.3 is 24.6 Å². The molecule has 1 N–H and O–H groups in total. The van der Waals surface area contributed by atoms with Crippen LogP contribution in [-0.4, -0.2) is 73.3 Å². The maximum atomic E-state index is 12.2. The number of carbonyl (C=O) groups excluding carboxylic acids is 3.